The van der Waals surface area contributed by atoms with E-state index in [1.807, 2.05) is 0 Å². The van der Waals surface area contributed by atoms with Crippen LogP contribution in [-0.4, -0.2) is 18.2 Å². The van der Waals surface area contributed by atoms with E-state index < -0.39 is 5.97 Å². The summed E-state index contributed by atoms with van der Waals surface area (Å²) in [4.78, 5) is 11.1. The van der Waals surface area contributed by atoms with Gasteiger partial charge in [0, 0.05) is 11.8 Å². The summed E-state index contributed by atoms with van der Waals surface area (Å²) in [5.74, 6) is -0.892. The van der Waals surface area contributed by atoms with Gasteiger partial charge >= 0.3 is 5.97 Å². The summed E-state index contributed by atoms with van der Waals surface area (Å²) < 4.78 is 4.45. The number of carbonyl (C=O) groups is 1. The predicted molar refractivity (Wildman–Crippen MR) is 48.6 cm³/mol. The summed E-state index contributed by atoms with van der Waals surface area (Å²) in [6.45, 7) is 0. The number of nitriles is 1. The van der Waals surface area contributed by atoms with E-state index in [0.29, 0.717) is 0 Å². The van der Waals surface area contributed by atoms with E-state index in [0.717, 1.165) is 6.07 Å². The zero-order valence-corrected chi connectivity index (χ0v) is 7.44. The third kappa shape index (κ3) is 1.59. The Morgan fingerprint density at radius 2 is 2.29 bits per heavy atom. The summed E-state index contributed by atoms with van der Waals surface area (Å²) >= 11 is 0. The number of nitrogens with two attached hydrogens (primary N) is 1. The van der Waals surface area contributed by atoms with Crippen LogP contribution in [0.15, 0.2) is 12.1 Å². The van der Waals surface area contributed by atoms with Gasteiger partial charge in [-0.2, -0.15) is 5.26 Å². The van der Waals surface area contributed by atoms with E-state index in [1.165, 1.54) is 13.2 Å². The molecule has 1 aromatic carbocycles. The number of nitrogen functional groups attached to an aromatic ring is 1. The molecule has 5 nitrogen and oxygen atoms in total. The molecule has 0 unspecified atom stereocenters. The van der Waals surface area contributed by atoms with Crippen molar-refractivity contribution >= 4 is 11.7 Å². The van der Waals surface area contributed by atoms with E-state index in [1.54, 1.807) is 6.07 Å². The van der Waals surface area contributed by atoms with Gasteiger partial charge in [-0.3, -0.25) is 0 Å². The highest BCUT2D eigenvalue weighted by Crippen LogP contribution is 2.24. The fraction of sp³-hybridized carbons (Fsp3) is 0.111. The predicted octanol–water partition coefficient (Wildman–Crippen LogP) is 0.633. The number of hydrogen-bond acceptors (Lipinski definition) is 5. The van der Waals surface area contributed by atoms with Gasteiger partial charge in [-0.1, -0.05) is 0 Å². The molecule has 1 aromatic rings. The molecule has 0 atom stereocenters. The molecule has 0 amide bonds. The van der Waals surface area contributed by atoms with Crippen LogP contribution in [-0.2, 0) is 4.74 Å². The number of rotatable bonds is 1. The Morgan fingerprint density at radius 1 is 1.64 bits per heavy atom. The number of methoxy groups -OCH3 is 1. The van der Waals surface area contributed by atoms with Crippen molar-refractivity contribution in [1.82, 2.24) is 0 Å². The lowest BCUT2D eigenvalue weighted by atomic mass is 10.1. The fourth-order valence-corrected chi connectivity index (χ4v) is 0.981. The first-order valence-corrected chi connectivity index (χ1v) is 3.71. The number of anilines is 1. The second kappa shape index (κ2) is 3.66. The molecule has 1 rings (SSSR count). The van der Waals surface area contributed by atoms with Crippen molar-refractivity contribution in [2.45, 2.75) is 0 Å². The molecule has 0 heterocycles. The van der Waals surface area contributed by atoms with Crippen molar-refractivity contribution in [2.24, 2.45) is 0 Å². The number of carbonyl (C=O) groups excluding carboxylic acids is 1. The number of hydrogen-bond donors (Lipinski definition) is 2. The van der Waals surface area contributed by atoms with E-state index in [-0.39, 0.29) is 22.6 Å². The lowest BCUT2D eigenvalue weighted by molar-refractivity contribution is 0.0602. The molecule has 5 heteroatoms. The maximum atomic E-state index is 11.1. The van der Waals surface area contributed by atoms with Gasteiger partial charge in [0.2, 0.25) is 0 Å². The van der Waals surface area contributed by atoms with Gasteiger partial charge in [0.05, 0.1) is 18.2 Å². The van der Waals surface area contributed by atoms with Crippen LogP contribution >= 0.6 is 0 Å². The van der Waals surface area contributed by atoms with Crippen LogP contribution in [0.25, 0.3) is 0 Å². The van der Waals surface area contributed by atoms with Crippen molar-refractivity contribution in [3.63, 3.8) is 0 Å². The third-order valence-electron chi connectivity index (χ3n) is 1.69. The van der Waals surface area contributed by atoms with Crippen LogP contribution in [0.3, 0.4) is 0 Å². The Balaban J connectivity index is 3.33. The molecule has 0 spiro atoms. The highest BCUT2D eigenvalue weighted by atomic mass is 16.5. The number of ether oxygens (including phenoxy) is 1. The maximum Gasteiger partial charge on any atom is 0.340 e. The molecule has 0 bridgehead atoms. The number of esters is 1. The first kappa shape index (κ1) is 9.86. The van der Waals surface area contributed by atoms with E-state index >= 15 is 0 Å². The molecule has 0 aliphatic rings. The topological polar surface area (TPSA) is 96.3 Å². The molecule has 0 aliphatic carbocycles. The van der Waals surface area contributed by atoms with Crippen LogP contribution in [0.5, 0.6) is 5.75 Å². The average molecular weight is 192 g/mol. The van der Waals surface area contributed by atoms with Crippen molar-refractivity contribution in [1.29, 1.82) is 5.26 Å². The van der Waals surface area contributed by atoms with Gasteiger partial charge in [-0.25, -0.2) is 4.79 Å². The highest BCUT2D eigenvalue weighted by molar-refractivity contribution is 5.95. The molecule has 0 saturated carbocycles. The number of phenolic OH excluding ortho intramolecular Hbond substituents is 1. The normalized spacial score (nSPS) is 9.14. The van der Waals surface area contributed by atoms with Gasteiger partial charge < -0.3 is 15.6 Å². The lowest BCUT2D eigenvalue weighted by Gasteiger charge is -2.04. The van der Waals surface area contributed by atoms with Crippen LogP contribution in [0.1, 0.15) is 15.9 Å². The summed E-state index contributed by atoms with van der Waals surface area (Å²) in [6, 6.07) is 4.06. The molecule has 0 aromatic heterocycles. The molecule has 14 heavy (non-hydrogen) atoms. The van der Waals surface area contributed by atoms with E-state index in [9.17, 15) is 9.90 Å². The summed E-state index contributed by atoms with van der Waals surface area (Å²) in [6.07, 6.45) is 0. The first-order chi connectivity index (χ1) is 6.60. The van der Waals surface area contributed by atoms with Gasteiger partial charge in [-0.15, -0.1) is 0 Å². The van der Waals surface area contributed by atoms with Crippen LogP contribution in [0.4, 0.5) is 5.69 Å². The first-order valence-electron chi connectivity index (χ1n) is 3.71. The highest BCUT2D eigenvalue weighted by Gasteiger charge is 2.13. The Morgan fingerprint density at radius 3 is 2.79 bits per heavy atom. The number of aromatic hydroxyl groups is 1. The van der Waals surface area contributed by atoms with Crippen molar-refractivity contribution in [2.75, 3.05) is 12.8 Å². The van der Waals surface area contributed by atoms with Crippen LogP contribution in [0.2, 0.25) is 0 Å². The molecule has 3 N–H and O–H groups in total. The SMILES string of the molecule is COC(=O)c1cc(C#N)c(O)cc1N. The molecular weight excluding hydrogens is 184 g/mol. The zero-order chi connectivity index (χ0) is 10.7. The van der Waals surface area contributed by atoms with E-state index in [4.69, 9.17) is 11.0 Å². The second-order valence-electron chi connectivity index (χ2n) is 2.56. The Bertz CT molecular complexity index is 421. The number of nitrogens with zero attached hydrogens (tertiary/aromatic N) is 1. The number of benzene rings is 1. The van der Waals surface area contributed by atoms with Crippen LogP contribution < -0.4 is 5.73 Å². The summed E-state index contributed by atoms with van der Waals surface area (Å²) in [5.41, 5.74) is 5.59. The number of phenols is 1. The standard InChI is InChI=1S/C9H8N2O3/c1-14-9(13)6-2-5(4-10)8(12)3-7(6)11/h2-3,12H,11H2,1H3. The average Bonchev–Trinajstić information content (AvgIpc) is 2.17. The van der Waals surface area contributed by atoms with Gasteiger partial charge in [0.15, 0.2) is 0 Å². The minimum absolute atomic E-state index is 0.0143. The quantitative estimate of drug-likeness (QED) is 0.502. The molecule has 0 saturated heterocycles. The van der Waals surface area contributed by atoms with Gasteiger partial charge in [0.25, 0.3) is 0 Å². The van der Waals surface area contributed by atoms with Gasteiger partial charge in [0.1, 0.15) is 11.8 Å². The van der Waals surface area contributed by atoms with Crippen LogP contribution in [0, 0.1) is 11.3 Å². The molecular formula is C9H8N2O3. The minimum atomic E-state index is -0.640. The molecule has 0 aliphatic heterocycles. The van der Waals surface area contributed by atoms with Crippen molar-refractivity contribution < 1.29 is 14.6 Å². The third-order valence-corrected chi connectivity index (χ3v) is 1.69. The van der Waals surface area contributed by atoms with E-state index in [2.05, 4.69) is 4.74 Å². The summed E-state index contributed by atoms with van der Waals surface area (Å²) in [5, 5.41) is 17.8. The Labute approximate surface area is 80.3 Å². The fourth-order valence-electron chi connectivity index (χ4n) is 0.981. The van der Waals surface area contributed by atoms with Crippen molar-refractivity contribution in [3.05, 3.63) is 23.3 Å². The molecule has 0 radical (unpaired) electrons. The summed E-state index contributed by atoms with van der Waals surface area (Å²) in [7, 11) is 1.21. The maximum absolute atomic E-state index is 11.1. The van der Waals surface area contributed by atoms with Gasteiger partial charge in [-0.05, 0) is 6.07 Å². The van der Waals surface area contributed by atoms with Crippen molar-refractivity contribution in [3.8, 4) is 11.8 Å². The lowest BCUT2D eigenvalue weighted by Crippen LogP contribution is -2.05. The minimum Gasteiger partial charge on any atom is -0.506 e. The Hall–Kier alpha value is -2.22. The second-order valence-corrected chi connectivity index (χ2v) is 2.56. The monoisotopic (exact) mass is 192 g/mol. The zero-order valence-electron chi connectivity index (χ0n) is 7.44. The Kier molecular flexibility index (Phi) is 2.58. The molecule has 72 valence electrons. The molecule has 0 fully saturated rings. The largest absolute Gasteiger partial charge is 0.506 e. The smallest absolute Gasteiger partial charge is 0.340 e.